The van der Waals surface area contributed by atoms with Gasteiger partial charge in [-0.25, -0.2) is 0 Å². The van der Waals surface area contributed by atoms with E-state index in [1.165, 1.54) is 4.31 Å². The zero-order valence-electron chi connectivity index (χ0n) is 9.83. The van der Waals surface area contributed by atoms with Crippen molar-refractivity contribution in [3.05, 3.63) is 24.3 Å². The van der Waals surface area contributed by atoms with Gasteiger partial charge in [-0.05, 0) is 38.5 Å². The molecule has 0 aromatic rings. The summed E-state index contributed by atoms with van der Waals surface area (Å²) in [6.45, 7) is 0. The number of rotatable bonds is 3. The SMILES string of the molecule is O=S(=O)(O)N(C1CC=CCC1)C1CC=CCC1. The molecule has 0 aliphatic heterocycles. The predicted molar refractivity (Wildman–Crippen MR) is 66.9 cm³/mol. The number of hydrogen-bond donors (Lipinski definition) is 1. The molecule has 0 aromatic heterocycles. The summed E-state index contributed by atoms with van der Waals surface area (Å²) in [6.07, 6.45) is 12.9. The fraction of sp³-hybridized carbons (Fsp3) is 0.667. The van der Waals surface area contributed by atoms with Crippen LogP contribution < -0.4 is 0 Å². The second-order valence-electron chi connectivity index (χ2n) is 4.68. The van der Waals surface area contributed by atoms with Gasteiger partial charge in [0.15, 0.2) is 0 Å². The third-order valence-corrected chi connectivity index (χ3v) is 4.60. The summed E-state index contributed by atoms with van der Waals surface area (Å²) in [4.78, 5) is 0. The fourth-order valence-corrected chi connectivity index (χ4v) is 3.83. The van der Waals surface area contributed by atoms with Crippen molar-refractivity contribution in [1.29, 1.82) is 0 Å². The van der Waals surface area contributed by atoms with Crippen molar-refractivity contribution in [2.45, 2.75) is 50.6 Å². The Bertz CT molecular complexity index is 389. The van der Waals surface area contributed by atoms with Crippen molar-refractivity contribution in [3.8, 4) is 0 Å². The maximum Gasteiger partial charge on any atom is 0.336 e. The van der Waals surface area contributed by atoms with Gasteiger partial charge in [0, 0.05) is 12.1 Å². The Kier molecular flexibility index (Phi) is 4.01. The highest BCUT2D eigenvalue weighted by Crippen LogP contribution is 2.27. The summed E-state index contributed by atoms with van der Waals surface area (Å²) < 4.78 is 33.9. The number of hydrogen-bond acceptors (Lipinski definition) is 2. The van der Waals surface area contributed by atoms with Crippen molar-refractivity contribution < 1.29 is 13.0 Å². The van der Waals surface area contributed by atoms with Crippen molar-refractivity contribution in [2.24, 2.45) is 0 Å². The van der Waals surface area contributed by atoms with Gasteiger partial charge in [0.1, 0.15) is 0 Å². The second kappa shape index (κ2) is 5.33. The van der Waals surface area contributed by atoms with Crippen LogP contribution in [0.25, 0.3) is 0 Å². The minimum absolute atomic E-state index is 0.0773. The smallest absolute Gasteiger partial charge is 0.273 e. The lowest BCUT2D eigenvalue weighted by Crippen LogP contribution is -2.47. The first kappa shape index (κ1) is 12.8. The molecule has 0 bridgehead atoms. The molecule has 0 spiro atoms. The zero-order valence-corrected chi connectivity index (χ0v) is 10.6. The van der Waals surface area contributed by atoms with E-state index in [1.807, 2.05) is 12.2 Å². The Hall–Kier alpha value is -0.650. The quantitative estimate of drug-likeness (QED) is 0.623. The minimum atomic E-state index is -4.10. The molecule has 4 nitrogen and oxygen atoms in total. The van der Waals surface area contributed by atoms with Gasteiger partial charge in [0.05, 0.1) is 0 Å². The molecular weight excluding hydrogens is 238 g/mol. The maximum atomic E-state index is 11.6. The molecule has 0 saturated heterocycles. The molecule has 0 heterocycles. The topological polar surface area (TPSA) is 57.6 Å². The van der Waals surface area contributed by atoms with E-state index < -0.39 is 10.3 Å². The Labute approximate surface area is 103 Å². The molecular formula is C12H19NO3S. The van der Waals surface area contributed by atoms with Crippen LogP contribution in [0, 0.1) is 0 Å². The van der Waals surface area contributed by atoms with E-state index in [1.54, 1.807) is 0 Å². The molecule has 2 atom stereocenters. The third-order valence-electron chi connectivity index (χ3n) is 3.47. The molecule has 0 saturated carbocycles. The van der Waals surface area contributed by atoms with Crippen LogP contribution in [0.15, 0.2) is 24.3 Å². The molecule has 17 heavy (non-hydrogen) atoms. The van der Waals surface area contributed by atoms with E-state index in [0.717, 1.165) is 25.7 Å². The Morgan fingerprint density at radius 1 is 0.941 bits per heavy atom. The number of allylic oxidation sites excluding steroid dienone is 2. The van der Waals surface area contributed by atoms with Crippen LogP contribution >= 0.6 is 0 Å². The first-order valence-electron chi connectivity index (χ1n) is 6.15. The van der Waals surface area contributed by atoms with Gasteiger partial charge in [-0.1, -0.05) is 24.3 Å². The molecule has 5 heteroatoms. The van der Waals surface area contributed by atoms with Crippen molar-refractivity contribution in [1.82, 2.24) is 4.31 Å². The van der Waals surface area contributed by atoms with Crippen LogP contribution in [-0.2, 0) is 10.3 Å². The normalized spacial score (nSPS) is 29.8. The van der Waals surface area contributed by atoms with Gasteiger partial charge in [0.2, 0.25) is 0 Å². The average Bonchev–Trinajstić information content (AvgIpc) is 2.30. The van der Waals surface area contributed by atoms with Crippen molar-refractivity contribution in [2.75, 3.05) is 0 Å². The highest BCUT2D eigenvalue weighted by atomic mass is 32.2. The van der Waals surface area contributed by atoms with Crippen LogP contribution in [0.1, 0.15) is 38.5 Å². The van der Waals surface area contributed by atoms with E-state index in [0.29, 0.717) is 12.8 Å². The first-order chi connectivity index (χ1) is 8.09. The van der Waals surface area contributed by atoms with Crippen LogP contribution in [0.2, 0.25) is 0 Å². The molecule has 2 unspecified atom stereocenters. The van der Waals surface area contributed by atoms with E-state index in [9.17, 15) is 13.0 Å². The Balaban J connectivity index is 2.18. The zero-order chi connectivity index (χ0) is 12.3. The summed E-state index contributed by atoms with van der Waals surface area (Å²) in [5, 5.41) is 0. The van der Waals surface area contributed by atoms with E-state index in [-0.39, 0.29) is 12.1 Å². The summed E-state index contributed by atoms with van der Waals surface area (Å²) in [5.74, 6) is 0. The van der Waals surface area contributed by atoms with Crippen molar-refractivity contribution in [3.63, 3.8) is 0 Å². The Morgan fingerprint density at radius 2 is 1.41 bits per heavy atom. The molecule has 0 aromatic carbocycles. The van der Waals surface area contributed by atoms with Gasteiger partial charge in [-0.2, -0.15) is 12.7 Å². The highest BCUT2D eigenvalue weighted by molar-refractivity contribution is 7.83. The predicted octanol–water partition coefficient (Wildman–Crippen LogP) is 2.31. The van der Waals surface area contributed by atoms with Crippen LogP contribution in [0.4, 0.5) is 0 Å². The van der Waals surface area contributed by atoms with Crippen LogP contribution in [0.3, 0.4) is 0 Å². The molecule has 2 rings (SSSR count). The standard InChI is InChI=1S/C12H19NO3S/c14-17(15,16)13(11-7-3-1-4-8-11)12-9-5-2-6-10-12/h1-3,5,11-12H,4,6-10H2,(H,14,15,16). The first-order valence-corrected chi connectivity index (χ1v) is 7.54. The minimum Gasteiger partial charge on any atom is -0.273 e. The van der Waals surface area contributed by atoms with E-state index >= 15 is 0 Å². The molecule has 1 N–H and O–H groups in total. The van der Waals surface area contributed by atoms with E-state index in [2.05, 4.69) is 12.2 Å². The lowest BCUT2D eigenvalue weighted by molar-refractivity contribution is 0.202. The largest absolute Gasteiger partial charge is 0.336 e. The second-order valence-corrected chi connectivity index (χ2v) is 6.00. The lowest BCUT2D eigenvalue weighted by atomic mass is 9.96. The van der Waals surface area contributed by atoms with Crippen LogP contribution in [-0.4, -0.2) is 29.4 Å². The molecule has 96 valence electrons. The lowest BCUT2D eigenvalue weighted by Gasteiger charge is -2.36. The maximum absolute atomic E-state index is 11.6. The van der Waals surface area contributed by atoms with Gasteiger partial charge >= 0.3 is 10.3 Å². The fourth-order valence-electron chi connectivity index (χ4n) is 2.69. The Morgan fingerprint density at radius 3 is 1.71 bits per heavy atom. The monoisotopic (exact) mass is 257 g/mol. The summed E-state index contributed by atoms with van der Waals surface area (Å²) in [6, 6.07) is -0.155. The van der Waals surface area contributed by atoms with E-state index in [4.69, 9.17) is 0 Å². The van der Waals surface area contributed by atoms with Crippen molar-refractivity contribution >= 4 is 10.3 Å². The summed E-state index contributed by atoms with van der Waals surface area (Å²) in [5.41, 5.74) is 0. The summed E-state index contributed by atoms with van der Waals surface area (Å²) in [7, 11) is -4.10. The summed E-state index contributed by atoms with van der Waals surface area (Å²) >= 11 is 0. The molecule has 2 aliphatic rings. The van der Waals surface area contributed by atoms with Gasteiger partial charge < -0.3 is 0 Å². The number of nitrogens with zero attached hydrogens (tertiary/aromatic N) is 1. The molecule has 0 amide bonds. The van der Waals surface area contributed by atoms with Gasteiger partial charge in [-0.3, -0.25) is 4.55 Å². The van der Waals surface area contributed by atoms with Gasteiger partial charge in [-0.15, -0.1) is 0 Å². The molecule has 0 radical (unpaired) electrons. The van der Waals surface area contributed by atoms with Crippen LogP contribution in [0.5, 0.6) is 0 Å². The highest BCUT2D eigenvalue weighted by Gasteiger charge is 2.34. The average molecular weight is 257 g/mol. The molecule has 2 aliphatic carbocycles. The third kappa shape index (κ3) is 3.18. The van der Waals surface area contributed by atoms with Gasteiger partial charge in [0.25, 0.3) is 0 Å². The molecule has 0 fully saturated rings.